The molecule has 22 heavy (non-hydrogen) atoms. The number of halogens is 1. The molecule has 1 N–H and O–H groups in total. The summed E-state index contributed by atoms with van der Waals surface area (Å²) in [4.78, 5) is 14.2. The molecule has 6 heteroatoms. The van der Waals surface area contributed by atoms with E-state index in [1.807, 2.05) is 18.7 Å². The summed E-state index contributed by atoms with van der Waals surface area (Å²) in [6.07, 6.45) is 0. The van der Waals surface area contributed by atoms with Crippen LogP contribution in [0.3, 0.4) is 0 Å². The lowest BCUT2D eigenvalue weighted by atomic mass is 9.95. The molecular formula is C16H19FN2O2S. The second kappa shape index (κ2) is 6.87. The third-order valence-corrected chi connectivity index (χ3v) is 3.93. The number of nitrogens with zero attached hydrogens (tertiary/aromatic N) is 1. The maximum Gasteiger partial charge on any atom is 0.338 e. The minimum absolute atomic E-state index is 0.280. The molecule has 0 radical (unpaired) electrons. The van der Waals surface area contributed by atoms with Crippen molar-refractivity contribution in [2.24, 2.45) is 0 Å². The van der Waals surface area contributed by atoms with Crippen LogP contribution < -0.4 is 5.32 Å². The summed E-state index contributed by atoms with van der Waals surface area (Å²) in [7, 11) is 0. The summed E-state index contributed by atoms with van der Waals surface area (Å²) in [5, 5.41) is 3.63. The number of ether oxygens (including phenoxy) is 1. The standard InChI is InChI=1S/C16H19FN2O2S/c1-4-19-10(3)13(15(20)21-5-2)14(18-16(19)22)11-7-6-8-12(17)9-11/h6-9,14H,4-5H2,1-3H3,(H,18,22)/t14-/m0/s1. The van der Waals surface area contributed by atoms with Gasteiger partial charge >= 0.3 is 5.97 Å². The Balaban J connectivity index is 2.53. The lowest BCUT2D eigenvalue weighted by molar-refractivity contribution is -0.139. The smallest absolute Gasteiger partial charge is 0.338 e. The molecule has 0 spiro atoms. The van der Waals surface area contributed by atoms with E-state index in [-0.39, 0.29) is 12.4 Å². The number of carbonyl (C=O) groups is 1. The fourth-order valence-corrected chi connectivity index (χ4v) is 2.96. The van der Waals surface area contributed by atoms with E-state index in [0.717, 1.165) is 5.70 Å². The first-order chi connectivity index (χ1) is 10.5. The van der Waals surface area contributed by atoms with Crippen LogP contribution in [0, 0.1) is 5.82 Å². The van der Waals surface area contributed by atoms with E-state index in [9.17, 15) is 9.18 Å². The Labute approximate surface area is 134 Å². The first-order valence-electron chi connectivity index (χ1n) is 7.21. The number of rotatable bonds is 4. The fourth-order valence-electron chi connectivity index (χ4n) is 2.57. The highest BCUT2D eigenvalue weighted by Gasteiger charge is 2.34. The zero-order chi connectivity index (χ0) is 16.3. The van der Waals surface area contributed by atoms with Crippen molar-refractivity contribution in [2.75, 3.05) is 13.2 Å². The molecule has 1 aliphatic rings. The summed E-state index contributed by atoms with van der Waals surface area (Å²) >= 11 is 5.35. The van der Waals surface area contributed by atoms with Crippen LogP contribution in [-0.4, -0.2) is 29.1 Å². The van der Waals surface area contributed by atoms with Gasteiger partial charge in [-0.15, -0.1) is 0 Å². The van der Waals surface area contributed by atoms with Gasteiger partial charge in [0.25, 0.3) is 0 Å². The van der Waals surface area contributed by atoms with E-state index in [0.29, 0.717) is 22.8 Å². The lowest BCUT2D eigenvalue weighted by Crippen LogP contribution is -2.47. The third-order valence-electron chi connectivity index (χ3n) is 3.59. The van der Waals surface area contributed by atoms with Crippen LogP contribution in [0.5, 0.6) is 0 Å². The lowest BCUT2D eigenvalue weighted by Gasteiger charge is -2.37. The summed E-state index contributed by atoms with van der Waals surface area (Å²) in [6.45, 7) is 6.44. The van der Waals surface area contributed by atoms with Crippen molar-refractivity contribution in [3.05, 3.63) is 46.9 Å². The van der Waals surface area contributed by atoms with Crippen molar-refractivity contribution in [3.8, 4) is 0 Å². The predicted octanol–water partition coefficient (Wildman–Crippen LogP) is 2.91. The minimum Gasteiger partial charge on any atom is -0.463 e. The van der Waals surface area contributed by atoms with Crippen LogP contribution in [0.25, 0.3) is 0 Å². The monoisotopic (exact) mass is 322 g/mol. The highest BCUT2D eigenvalue weighted by atomic mass is 32.1. The summed E-state index contributed by atoms with van der Waals surface area (Å²) in [5.74, 6) is -0.772. The molecule has 0 amide bonds. The Hall–Kier alpha value is -1.95. The number of esters is 1. The average molecular weight is 322 g/mol. The summed E-state index contributed by atoms with van der Waals surface area (Å²) in [6, 6.07) is 5.62. The maximum atomic E-state index is 13.5. The van der Waals surface area contributed by atoms with Gasteiger partial charge in [0, 0.05) is 12.2 Å². The molecule has 0 bridgehead atoms. The van der Waals surface area contributed by atoms with Gasteiger partial charge < -0.3 is 15.0 Å². The van der Waals surface area contributed by atoms with E-state index >= 15 is 0 Å². The van der Waals surface area contributed by atoms with E-state index < -0.39 is 12.0 Å². The number of benzene rings is 1. The Morgan fingerprint density at radius 1 is 1.45 bits per heavy atom. The molecule has 2 rings (SSSR count). The zero-order valence-electron chi connectivity index (χ0n) is 12.9. The number of hydrogen-bond donors (Lipinski definition) is 1. The highest BCUT2D eigenvalue weighted by molar-refractivity contribution is 7.80. The molecule has 0 aromatic heterocycles. The van der Waals surface area contributed by atoms with Gasteiger partial charge in [-0.05, 0) is 50.7 Å². The van der Waals surface area contributed by atoms with Crippen molar-refractivity contribution in [1.82, 2.24) is 10.2 Å². The Morgan fingerprint density at radius 3 is 2.77 bits per heavy atom. The predicted molar refractivity (Wildman–Crippen MR) is 86.6 cm³/mol. The van der Waals surface area contributed by atoms with E-state index in [4.69, 9.17) is 17.0 Å². The van der Waals surface area contributed by atoms with Crippen molar-refractivity contribution >= 4 is 23.3 Å². The van der Waals surface area contributed by atoms with Crippen molar-refractivity contribution < 1.29 is 13.9 Å². The van der Waals surface area contributed by atoms with Crippen LogP contribution in [0.15, 0.2) is 35.5 Å². The van der Waals surface area contributed by atoms with Crippen LogP contribution >= 0.6 is 12.2 Å². The summed E-state index contributed by atoms with van der Waals surface area (Å²) < 4.78 is 18.7. The molecule has 0 unspecified atom stereocenters. The zero-order valence-corrected chi connectivity index (χ0v) is 13.7. The molecule has 0 saturated heterocycles. The normalized spacial score (nSPS) is 18.3. The second-order valence-corrected chi connectivity index (χ2v) is 5.29. The fraction of sp³-hybridized carbons (Fsp3) is 0.375. The van der Waals surface area contributed by atoms with Crippen molar-refractivity contribution in [1.29, 1.82) is 0 Å². The number of allylic oxidation sites excluding steroid dienone is 1. The first kappa shape index (κ1) is 16.4. The molecule has 118 valence electrons. The Bertz CT molecular complexity index is 630. The molecule has 0 aliphatic carbocycles. The van der Waals surface area contributed by atoms with Gasteiger partial charge in [0.2, 0.25) is 0 Å². The molecule has 1 aromatic rings. The first-order valence-corrected chi connectivity index (χ1v) is 7.61. The molecule has 4 nitrogen and oxygen atoms in total. The minimum atomic E-state index is -0.509. The van der Waals surface area contributed by atoms with Gasteiger partial charge in [-0.25, -0.2) is 9.18 Å². The van der Waals surface area contributed by atoms with Crippen LogP contribution in [0.4, 0.5) is 4.39 Å². The molecule has 1 atom stereocenters. The van der Waals surface area contributed by atoms with Crippen LogP contribution in [-0.2, 0) is 9.53 Å². The van der Waals surface area contributed by atoms with E-state index in [2.05, 4.69) is 5.32 Å². The highest BCUT2D eigenvalue weighted by Crippen LogP contribution is 2.31. The van der Waals surface area contributed by atoms with Crippen LogP contribution in [0.1, 0.15) is 32.4 Å². The van der Waals surface area contributed by atoms with Gasteiger partial charge in [-0.3, -0.25) is 0 Å². The van der Waals surface area contributed by atoms with E-state index in [1.54, 1.807) is 19.1 Å². The van der Waals surface area contributed by atoms with E-state index in [1.165, 1.54) is 12.1 Å². The number of carbonyl (C=O) groups excluding carboxylic acids is 1. The molecule has 1 aliphatic heterocycles. The average Bonchev–Trinajstić information content (AvgIpc) is 2.47. The number of nitrogens with one attached hydrogen (secondary N) is 1. The number of thiocarbonyl (C=S) groups is 1. The summed E-state index contributed by atoms with van der Waals surface area (Å²) in [5.41, 5.74) is 1.84. The van der Waals surface area contributed by atoms with Crippen molar-refractivity contribution in [2.45, 2.75) is 26.8 Å². The Morgan fingerprint density at radius 2 is 2.18 bits per heavy atom. The molecule has 0 fully saturated rings. The van der Waals surface area contributed by atoms with Gasteiger partial charge in [0.05, 0.1) is 18.2 Å². The largest absolute Gasteiger partial charge is 0.463 e. The van der Waals surface area contributed by atoms with Gasteiger partial charge in [0.15, 0.2) is 5.11 Å². The Kier molecular flexibility index (Phi) is 5.13. The third kappa shape index (κ3) is 3.11. The van der Waals surface area contributed by atoms with Crippen molar-refractivity contribution in [3.63, 3.8) is 0 Å². The number of hydrogen-bond acceptors (Lipinski definition) is 3. The van der Waals surface area contributed by atoms with Gasteiger partial charge in [-0.1, -0.05) is 12.1 Å². The second-order valence-electron chi connectivity index (χ2n) is 4.90. The molecule has 1 aromatic carbocycles. The van der Waals surface area contributed by atoms with Gasteiger partial charge in [0.1, 0.15) is 5.82 Å². The van der Waals surface area contributed by atoms with Crippen LogP contribution in [0.2, 0.25) is 0 Å². The quantitative estimate of drug-likeness (QED) is 0.682. The maximum absolute atomic E-state index is 13.5. The molecule has 0 saturated carbocycles. The SMILES string of the molecule is CCOC(=O)C1=C(C)N(CC)C(=S)N[C@H]1c1cccc(F)c1. The molecule has 1 heterocycles. The van der Waals surface area contributed by atoms with Gasteiger partial charge in [-0.2, -0.15) is 0 Å². The topological polar surface area (TPSA) is 41.6 Å². The molecular weight excluding hydrogens is 303 g/mol.